The van der Waals surface area contributed by atoms with Crippen LogP contribution in [0.5, 0.6) is 5.75 Å². The number of rotatable bonds is 4. The Labute approximate surface area is 217 Å². The van der Waals surface area contributed by atoms with E-state index in [1.165, 1.54) is 15.6 Å². The van der Waals surface area contributed by atoms with E-state index in [1.807, 2.05) is 13.8 Å². The van der Waals surface area contributed by atoms with Gasteiger partial charge in [0.1, 0.15) is 22.8 Å². The molecule has 0 spiro atoms. The van der Waals surface area contributed by atoms with Crippen molar-refractivity contribution < 1.29 is 34.8 Å². The molecule has 0 saturated heterocycles. The highest BCUT2D eigenvalue weighted by Gasteiger charge is 2.64. The highest BCUT2D eigenvalue weighted by atomic mass is 16.3. The molecule has 1 amide bonds. The molecule has 12 nitrogen and oxygen atoms in total. The van der Waals surface area contributed by atoms with Gasteiger partial charge in [-0.3, -0.25) is 19.3 Å². The zero-order valence-corrected chi connectivity index (χ0v) is 21.3. The number of nitrogens with two attached hydrogens (primary N) is 1. The van der Waals surface area contributed by atoms with Crippen molar-refractivity contribution in [3.05, 3.63) is 52.1 Å². The van der Waals surface area contributed by atoms with Crippen LogP contribution >= 0.6 is 0 Å². The van der Waals surface area contributed by atoms with Gasteiger partial charge in [-0.1, -0.05) is 19.1 Å². The number of amides is 1. The topological polar surface area (TPSA) is 192 Å². The quantitative estimate of drug-likeness (QED) is 0.356. The Morgan fingerprint density at radius 2 is 1.89 bits per heavy atom. The Balaban J connectivity index is 1.72. The first-order chi connectivity index (χ1) is 17.8. The molecule has 1 saturated carbocycles. The fourth-order valence-corrected chi connectivity index (χ4v) is 6.10. The molecule has 4 atom stereocenters. The van der Waals surface area contributed by atoms with Crippen LogP contribution < -0.4 is 5.73 Å². The van der Waals surface area contributed by atoms with Crippen LogP contribution in [-0.2, 0) is 20.8 Å². The Morgan fingerprint density at radius 3 is 2.47 bits per heavy atom. The normalized spacial score (nSPS) is 27.1. The Kier molecular flexibility index (Phi) is 5.73. The third-order valence-electron chi connectivity index (χ3n) is 7.93. The molecule has 0 radical (unpaired) electrons. The van der Waals surface area contributed by atoms with E-state index < -0.39 is 58.0 Å². The van der Waals surface area contributed by atoms with E-state index in [-0.39, 0.29) is 35.6 Å². The van der Waals surface area contributed by atoms with Gasteiger partial charge in [0, 0.05) is 11.5 Å². The van der Waals surface area contributed by atoms with E-state index in [1.54, 1.807) is 26.4 Å². The highest BCUT2D eigenvalue weighted by Crippen LogP contribution is 2.53. The molecular weight excluding hydrogens is 494 g/mol. The van der Waals surface area contributed by atoms with E-state index in [0.29, 0.717) is 11.3 Å². The first-order valence-electron chi connectivity index (χ1n) is 12.2. The second-order valence-corrected chi connectivity index (χ2v) is 10.7. The lowest BCUT2D eigenvalue weighted by molar-refractivity contribution is -0.153. The standard InChI is InChI=1S/C26H29N5O7/c1-10(2)14-9-31(29-28-14)15-5-6-16(32)18-12(15)7-11-8-13-20(30(3)4)22(34)19(25(27)37)24(36)26(13,38)23(35)17(11)21(18)33/h5-6,9-11,13,20,32-33,36,38H,7-8H2,1-4H3,(H2,27,37)/t11?,13?,20-,26-/m0/s1. The zero-order chi connectivity index (χ0) is 27.8. The van der Waals surface area contributed by atoms with Crippen LogP contribution in [0.4, 0.5) is 0 Å². The summed E-state index contributed by atoms with van der Waals surface area (Å²) in [5.41, 5.74) is 3.42. The number of phenols is 1. The molecule has 2 aromatic rings. The summed E-state index contributed by atoms with van der Waals surface area (Å²) in [4.78, 5) is 40.6. The molecular formula is C26H29N5O7. The predicted octanol–water partition coefficient (Wildman–Crippen LogP) is 0.668. The van der Waals surface area contributed by atoms with E-state index in [4.69, 9.17) is 5.73 Å². The zero-order valence-electron chi connectivity index (χ0n) is 21.3. The minimum atomic E-state index is -2.67. The smallest absolute Gasteiger partial charge is 0.255 e. The number of hydrogen-bond donors (Lipinski definition) is 5. The lowest BCUT2D eigenvalue weighted by atomic mass is 9.57. The van der Waals surface area contributed by atoms with Crippen molar-refractivity contribution in [2.24, 2.45) is 17.6 Å². The van der Waals surface area contributed by atoms with Gasteiger partial charge in [0.05, 0.1) is 29.2 Å². The number of nitrogens with zero attached hydrogens (tertiary/aromatic N) is 4. The van der Waals surface area contributed by atoms with Gasteiger partial charge in [-0.2, -0.15) is 0 Å². The molecule has 38 heavy (non-hydrogen) atoms. The fraction of sp³-hybridized carbons (Fsp3) is 0.423. The minimum Gasteiger partial charge on any atom is -0.508 e. The number of phenolic OH excluding ortho intramolecular Hbond substituents is 1. The maximum absolute atomic E-state index is 13.9. The summed E-state index contributed by atoms with van der Waals surface area (Å²) in [5, 5.41) is 53.0. The van der Waals surface area contributed by atoms with E-state index >= 15 is 0 Å². The summed E-state index contributed by atoms with van der Waals surface area (Å²) in [6.45, 7) is 3.94. The number of aromatic hydroxyl groups is 1. The molecule has 200 valence electrons. The van der Waals surface area contributed by atoms with Gasteiger partial charge in [-0.05, 0) is 56.5 Å². The van der Waals surface area contributed by atoms with Crippen molar-refractivity contribution in [2.75, 3.05) is 14.1 Å². The maximum Gasteiger partial charge on any atom is 0.255 e. The lowest BCUT2D eigenvalue weighted by Gasteiger charge is -2.50. The minimum absolute atomic E-state index is 0.000358. The van der Waals surface area contributed by atoms with Crippen LogP contribution in [0.15, 0.2) is 35.2 Å². The van der Waals surface area contributed by atoms with Crippen molar-refractivity contribution in [2.45, 2.75) is 44.2 Å². The van der Waals surface area contributed by atoms with E-state index in [0.717, 1.165) is 5.69 Å². The molecule has 0 bridgehead atoms. The number of benzene rings is 1. The molecule has 2 unspecified atom stereocenters. The summed E-state index contributed by atoms with van der Waals surface area (Å²) >= 11 is 0. The van der Waals surface area contributed by atoms with E-state index in [9.17, 15) is 34.8 Å². The summed E-state index contributed by atoms with van der Waals surface area (Å²) < 4.78 is 1.54. The van der Waals surface area contributed by atoms with Crippen molar-refractivity contribution in [1.29, 1.82) is 0 Å². The summed E-state index contributed by atoms with van der Waals surface area (Å²) in [6, 6.07) is 1.85. The van der Waals surface area contributed by atoms with Crippen molar-refractivity contribution >= 4 is 23.2 Å². The molecule has 6 N–H and O–H groups in total. The average molecular weight is 524 g/mol. The second-order valence-electron chi connectivity index (χ2n) is 10.7. The third kappa shape index (κ3) is 3.33. The Hall–Kier alpha value is -4.03. The highest BCUT2D eigenvalue weighted by molar-refractivity contribution is 6.24. The number of aliphatic hydroxyl groups excluding tert-OH is 2. The van der Waals surface area contributed by atoms with Crippen LogP contribution in [0.3, 0.4) is 0 Å². The molecule has 12 heteroatoms. The molecule has 5 rings (SSSR count). The van der Waals surface area contributed by atoms with Gasteiger partial charge >= 0.3 is 0 Å². The lowest BCUT2D eigenvalue weighted by Crippen LogP contribution is -2.65. The molecule has 3 aliphatic rings. The Morgan fingerprint density at radius 1 is 1.21 bits per heavy atom. The number of aromatic nitrogens is 3. The summed E-state index contributed by atoms with van der Waals surface area (Å²) in [6.07, 6.45) is 1.92. The average Bonchev–Trinajstić information content (AvgIpc) is 3.31. The number of hydrogen-bond acceptors (Lipinski definition) is 10. The number of carbonyl (C=O) groups excluding carboxylic acids is 3. The largest absolute Gasteiger partial charge is 0.508 e. The second kappa shape index (κ2) is 8.50. The van der Waals surface area contributed by atoms with Crippen LogP contribution in [0.25, 0.3) is 11.4 Å². The molecule has 0 aliphatic heterocycles. The van der Waals surface area contributed by atoms with Crippen LogP contribution in [0.2, 0.25) is 0 Å². The van der Waals surface area contributed by atoms with E-state index in [2.05, 4.69) is 10.3 Å². The van der Waals surface area contributed by atoms with Crippen LogP contribution in [0.1, 0.15) is 43.0 Å². The molecule has 1 aromatic heterocycles. The number of carbonyl (C=O) groups is 3. The first kappa shape index (κ1) is 25.6. The summed E-state index contributed by atoms with van der Waals surface area (Å²) in [7, 11) is 3.11. The van der Waals surface area contributed by atoms with Crippen molar-refractivity contribution in [3.63, 3.8) is 0 Å². The third-order valence-corrected chi connectivity index (χ3v) is 7.93. The molecule has 1 aromatic carbocycles. The SMILES string of the molecule is CC(C)c1cn(-c2ccc(O)c3c2CC2CC4[C@H](N(C)C)C(=O)C(C(N)=O)=C(O)[C@@]4(O)C(=O)C2=C3O)nn1. The maximum atomic E-state index is 13.9. The number of likely N-dealkylation sites (N-methyl/N-ethyl adjacent to an activating group) is 1. The van der Waals surface area contributed by atoms with Crippen LogP contribution in [-0.4, -0.2) is 83.5 Å². The number of ketones is 2. The number of Topliss-reactive ketones (excluding diaryl/α,β-unsaturated/α-hetero) is 2. The van der Waals surface area contributed by atoms with Gasteiger partial charge in [-0.25, -0.2) is 4.68 Å². The van der Waals surface area contributed by atoms with Crippen molar-refractivity contribution in [1.82, 2.24) is 19.9 Å². The van der Waals surface area contributed by atoms with Crippen LogP contribution in [0, 0.1) is 11.8 Å². The van der Waals surface area contributed by atoms with Gasteiger partial charge in [0.25, 0.3) is 5.91 Å². The molecule has 1 heterocycles. The van der Waals surface area contributed by atoms with Gasteiger partial charge in [0.2, 0.25) is 5.78 Å². The van der Waals surface area contributed by atoms with Crippen molar-refractivity contribution in [3.8, 4) is 11.4 Å². The number of fused-ring (bicyclic) bond motifs is 3. The molecule has 1 fully saturated rings. The van der Waals surface area contributed by atoms with Gasteiger partial charge in [-0.15, -0.1) is 5.10 Å². The summed E-state index contributed by atoms with van der Waals surface area (Å²) in [5.74, 6) is -6.77. The number of aliphatic hydroxyl groups is 3. The number of primary amides is 1. The first-order valence-corrected chi connectivity index (χ1v) is 12.2. The fourth-order valence-electron chi connectivity index (χ4n) is 6.10. The monoisotopic (exact) mass is 523 g/mol. The van der Waals surface area contributed by atoms with Gasteiger partial charge < -0.3 is 26.2 Å². The van der Waals surface area contributed by atoms with Gasteiger partial charge in [0.15, 0.2) is 11.4 Å². The molecule has 3 aliphatic carbocycles. The predicted molar refractivity (Wildman–Crippen MR) is 133 cm³/mol. The Bertz CT molecular complexity index is 1470.